The van der Waals surface area contributed by atoms with Gasteiger partial charge in [-0.2, -0.15) is 0 Å². The number of ether oxygens (including phenoxy) is 4. The van der Waals surface area contributed by atoms with Crippen LogP contribution in [0.25, 0.3) is 21.5 Å². The lowest BCUT2D eigenvalue weighted by Gasteiger charge is -2.71. The van der Waals surface area contributed by atoms with Crippen LogP contribution in [0, 0.1) is 63.2 Å². The van der Waals surface area contributed by atoms with Gasteiger partial charge in [0.2, 0.25) is 0 Å². The quantitative estimate of drug-likeness (QED) is 0.201. The molecule has 5 aliphatic heterocycles. The zero-order valence-electron chi connectivity index (χ0n) is 39.7. The summed E-state index contributed by atoms with van der Waals surface area (Å²) < 4.78 is 30.4. The van der Waals surface area contributed by atoms with Crippen LogP contribution in [0.2, 0.25) is 0 Å². The molecule has 5 heterocycles. The number of fused-ring (bicyclic) bond motifs is 14. The number of amides is 2. The van der Waals surface area contributed by atoms with E-state index < -0.39 is 0 Å². The maximum Gasteiger partial charge on any atom is 0.321 e. The first-order valence-corrected chi connectivity index (χ1v) is 27.0. The van der Waals surface area contributed by atoms with E-state index in [1.807, 2.05) is 0 Å². The second kappa shape index (κ2) is 14.8. The number of aryl methyl sites for hydroxylation is 4. The Hall–Kier alpha value is -3.49. The first kappa shape index (κ1) is 40.4. The molecule has 15 rings (SSSR count). The lowest BCUT2D eigenvalue weighted by atomic mass is 9.53. The first-order chi connectivity index (χ1) is 32.3. The Balaban J connectivity index is 0.941. The molecule has 11 fully saturated rings. The molecule has 7 heteroatoms. The van der Waals surface area contributed by atoms with Crippen LogP contribution < -0.4 is 0 Å². The van der Waals surface area contributed by atoms with E-state index in [1.54, 1.807) is 0 Å². The summed E-state index contributed by atoms with van der Waals surface area (Å²) >= 11 is 0. The largest absolute Gasteiger partial charge is 0.374 e. The van der Waals surface area contributed by atoms with Crippen molar-refractivity contribution < 1.29 is 23.7 Å². The molecule has 0 bridgehead atoms. The van der Waals surface area contributed by atoms with E-state index in [1.165, 1.54) is 106 Å². The third kappa shape index (κ3) is 5.44. The highest BCUT2D eigenvalue weighted by atomic mass is 16.6. The van der Waals surface area contributed by atoms with Gasteiger partial charge < -0.3 is 28.7 Å². The molecule has 66 heavy (non-hydrogen) atoms. The maximum atomic E-state index is 16.9. The number of urea groups is 1. The summed E-state index contributed by atoms with van der Waals surface area (Å²) in [6.07, 6.45) is 16.9. The Morgan fingerprint density at radius 2 is 1.05 bits per heavy atom. The molecule has 6 aliphatic carbocycles. The smallest absolute Gasteiger partial charge is 0.321 e. The molecule has 5 saturated heterocycles. The zero-order valence-corrected chi connectivity index (χ0v) is 39.7. The van der Waals surface area contributed by atoms with E-state index >= 15 is 4.79 Å². The van der Waals surface area contributed by atoms with E-state index in [0.29, 0.717) is 47.8 Å². The van der Waals surface area contributed by atoms with Gasteiger partial charge >= 0.3 is 6.03 Å². The van der Waals surface area contributed by atoms with Gasteiger partial charge in [0.05, 0.1) is 66.9 Å². The van der Waals surface area contributed by atoms with Crippen molar-refractivity contribution in [3.63, 3.8) is 0 Å². The van der Waals surface area contributed by atoms with Crippen molar-refractivity contribution in [1.82, 2.24) is 9.80 Å². The van der Waals surface area contributed by atoms with Gasteiger partial charge in [-0.15, -0.1) is 0 Å². The van der Waals surface area contributed by atoms with Gasteiger partial charge in [-0.3, -0.25) is 0 Å². The number of nitrogens with zero attached hydrogens (tertiary/aromatic N) is 2. The van der Waals surface area contributed by atoms with Crippen LogP contribution in [0.5, 0.6) is 0 Å². The monoisotopic (exact) mass is 887 g/mol. The van der Waals surface area contributed by atoms with E-state index in [0.717, 1.165) is 38.5 Å². The fourth-order valence-corrected chi connectivity index (χ4v) is 19.0. The van der Waals surface area contributed by atoms with Crippen LogP contribution in [-0.2, 0) is 18.9 Å². The Morgan fingerprint density at radius 3 is 1.74 bits per heavy atom. The second-order valence-corrected chi connectivity index (χ2v) is 23.9. The predicted molar refractivity (Wildman–Crippen MR) is 257 cm³/mol. The van der Waals surface area contributed by atoms with Crippen molar-refractivity contribution in [3.8, 4) is 0 Å². The van der Waals surface area contributed by atoms with E-state index in [-0.39, 0.29) is 78.5 Å². The summed E-state index contributed by atoms with van der Waals surface area (Å²) in [6, 6.07) is 23.5. The van der Waals surface area contributed by atoms with Crippen molar-refractivity contribution in [2.45, 2.75) is 202 Å². The highest BCUT2D eigenvalue weighted by Gasteiger charge is 2.72. The van der Waals surface area contributed by atoms with Gasteiger partial charge in [0, 0.05) is 23.7 Å². The Labute approximate surface area is 391 Å². The molecular formula is C59H70N2O5. The highest BCUT2D eigenvalue weighted by Crippen LogP contribution is 2.64. The van der Waals surface area contributed by atoms with Crippen molar-refractivity contribution in [2.24, 2.45) is 35.5 Å². The van der Waals surface area contributed by atoms with E-state index in [2.05, 4.69) is 98.2 Å². The molecule has 2 amide bonds. The minimum atomic E-state index is -0.111. The minimum absolute atomic E-state index is 0.00953. The molecule has 346 valence electrons. The minimum Gasteiger partial charge on any atom is -0.374 e. The van der Waals surface area contributed by atoms with Gasteiger partial charge in [0.1, 0.15) is 6.10 Å². The van der Waals surface area contributed by atoms with E-state index in [9.17, 15) is 0 Å². The highest BCUT2D eigenvalue weighted by molar-refractivity contribution is 5.91. The summed E-state index contributed by atoms with van der Waals surface area (Å²) in [4.78, 5) is 22.1. The van der Waals surface area contributed by atoms with Gasteiger partial charge in [0.15, 0.2) is 0 Å². The lowest BCUT2D eigenvalue weighted by Crippen LogP contribution is -2.84. The summed E-state index contributed by atoms with van der Waals surface area (Å²) in [5.74, 6) is 2.97. The van der Waals surface area contributed by atoms with Gasteiger partial charge in [-0.1, -0.05) is 86.3 Å². The Morgan fingerprint density at radius 1 is 0.455 bits per heavy atom. The lowest BCUT2D eigenvalue weighted by molar-refractivity contribution is -0.281. The number of morpholine rings is 2. The molecule has 7 nitrogen and oxygen atoms in total. The van der Waals surface area contributed by atoms with Crippen molar-refractivity contribution in [2.75, 3.05) is 0 Å². The van der Waals surface area contributed by atoms with Gasteiger partial charge in [-0.05, 0) is 171 Å². The summed E-state index contributed by atoms with van der Waals surface area (Å²) in [5.41, 5.74) is 8.35. The van der Waals surface area contributed by atoms with Crippen LogP contribution in [0.15, 0.2) is 60.7 Å². The van der Waals surface area contributed by atoms with Crippen molar-refractivity contribution in [1.29, 1.82) is 0 Å². The number of carbonyl (C=O) groups excluding carboxylic acids is 1. The molecule has 11 aliphatic rings. The topological polar surface area (TPSA) is 60.5 Å². The molecule has 20 unspecified atom stereocenters. The summed E-state index contributed by atoms with van der Waals surface area (Å²) in [5, 5.41) is 5.44. The van der Waals surface area contributed by atoms with Crippen molar-refractivity contribution in [3.05, 3.63) is 94.0 Å². The summed E-state index contributed by atoms with van der Waals surface area (Å²) in [7, 11) is 0. The molecular weight excluding hydrogens is 817 g/mol. The number of carbonyl (C=O) groups is 1. The first-order valence-electron chi connectivity index (χ1n) is 27.0. The average molecular weight is 887 g/mol. The van der Waals surface area contributed by atoms with Crippen LogP contribution in [0.4, 0.5) is 4.79 Å². The molecule has 0 spiro atoms. The second-order valence-electron chi connectivity index (χ2n) is 23.9. The summed E-state index contributed by atoms with van der Waals surface area (Å²) in [6.45, 7) is 9.33. The number of rotatable bonds is 2. The maximum absolute atomic E-state index is 16.9. The molecule has 4 aromatic carbocycles. The van der Waals surface area contributed by atoms with Crippen LogP contribution >= 0.6 is 0 Å². The zero-order chi connectivity index (χ0) is 43.9. The molecule has 6 saturated carbocycles. The Bertz CT molecular complexity index is 2650. The van der Waals surface area contributed by atoms with Gasteiger partial charge in [0.25, 0.3) is 0 Å². The predicted octanol–water partition coefficient (Wildman–Crippen LogP) is 11.6. The number of hydrogen-bond donors (Lipinski definition) is 0. The average Bonchev–Trinajstić information content (AvgIpc) is 3.91. The Kier molecular flexibility index (Phi) is 9.04. The number of benzene rings is 4. The van der Waals surface area contributed by atoms with E-state index in [4.69, 9.17) is 18.9 Å². The molecule has 4 aromatic rings. The van der Waals surface area contributed by atoms with Gasteiger partial charge in [-0.25, -0.2) is 4.79 Å². The molecule has 0 aromatic heterocycles. The third-order valence-corrected chi connectivity index (χ3v) is 21.2. The van der Waals surface area contributed by atoms with Crippen LogP contribution in [0.3, 0.4) is 0 Å². The normalized spacial score (nSPS) is 45.1. The fraction of sp³-hybridized carbons (Fsp3) is 0.644. The SMILES string of the molecule is Cc1ccc2cccc(C)c2c1C1CC2CC(c3c(C)ccc4cccc(C)c34)C3OC4CCC5OC6CCCCC6C5C4N4C(=O)N5C6CCC7C8CCCCC8OC7C6OC1C5C2C34. The van der Waals surface area contributed by atoms with Crippen LogP contribution in [-0.4, -0.2) is 88.8 Å². The standard InChI is InChI=1S/C59H70N2O5/c1-29-11-9-13-33-21-19-31(3)48(46(29)33)39-27-35-28-40(49-32(4)20-22-34-14-10-12-30(2)47(34)49)56-53-50(35)54-55(39)65-45-26-25-44-51(38-16-6-8-18-43(38)63-44)52(45)61(54)59(62)60(53)41-24-23-37-36-15-5-7-17-42(36)64-57(37)58(41)66-56/h9-14,19-22,35-45,50-58H,5-8,15-18,23-28H2,1-4H3. The number of hydrogen-bond acceptors (Lipinski definition) is 5. The van der Waals surface area contributed by atoms with Crippen LogP contribution in [0.1, 0.15) is 135 Å². The molecule has 0 radical (unpaired) electrons. The van der Waals surface area contributed by atoms with Crippen molar-refractivity contribution >= 4 is 27.6 Å². The molecule has 0 N–H and O–H groups in total. The third-order valence-electron chi connectivity index (χ3n) is 21.2. The fourth-order valence-electron chi connectivity index (χ4n) is 19.0. The molecule has 20 atom stereocenters.